The van der Waals surface area contributed by atoms with Gasteiger partial charge in [-0.3, -0.25) is 9.59 Å². The fraction of sp³-hybridized carbons (Fsp3) is 0.211. The number of esters is 1. The molecule has 0 bridgehead atoms. The van der Waals surface area contributed by atoms with Crippen LogP contribution in [0.2, 0.25) is 5.15 Å². The van der Waals surface area contributed by atoms with Gasteiger partial charge in [0.15, 0.2) is 11.3 Å². The average Bonchev–Trinajstić information content (AvgIpc) is 3.18. The first-order valence-corrected chi connectivity index (χ1v) is 8.89. The molecule has 0 saturated carbocycles. The molecule has 1 atom stereocenters. The predicted octanol–water partition coefficient (Wildman–Crippen LogP) is 3.29. The Labute approximate surface area is 165 Å². The van der Waals surface area contributed by atoms with E-state index < -0.39 is 18.0 Å². The lowest BCUT2D eigenvalue weighted by atomic mass is 10.2. The van der Waals surface area contributed by atoms with Crippen molar-refractivity contribution in [1.29, 1.82) is 0 Å². The number of nitrogens with zero attached hydrogens (tertiary/aromatic N) is 3. The Kier molecular flexibility index (Phi) is 6.33. The van der Waals surface area contributed by atoms with Crippen molar-refractivity contribution in [3.63, 3.8) is 0 Å². The minimum absolute atomic E-state index is 0.00168. The largest absolute Gasteiger partial charge is 0.453 e. The van der Waals surface area contributed by atoms with Crippen LogP contribution >= 0.6 is 11.6 Å². The molecule has 3 aromatic rings. The van der Waals surface area contributed by atoms with Gasteiger partial charge in [0.2, 0.25) is 11.7 Å². The molecule has 2 heterocycles. The van der Waals surface area contributed by atoms with Crippen molar-refractivity contribution in [3.05, 3.63) is 59.7 Å². The Bertz CT molecular complexity index is 961. The molecule has 2 aromatic heterocycles. The zero-order chi connectivity index (χ0) is 19.9. The summed E-state index contributed by atoms with van der Waals surface area (Å²) in [5, 5.41) is 6.60. The van der Waals surface area contributed by atoms with E-state index in [9.17, 15) is 9.59 Å². The topological polar surface area (TPSA) is 107 Å². The maximum Gasteiger partial charge on any atom is 0.307 e. The van der Waals surface area contributed by atoms with Gasteiger partial charge in [-0.2, -0.15) is 4.98 Å². The highest BCUT2D eigenvalue weighted by molar-refractivity contribution is 6.32. The summed E-state index contributed by atoms with van der Waals surface area (Å²) in [5.41, 5.74) is 1.16. The van der Waals surface area contributed by atoms with Crippen LogP contribution in [-0.4, -0.2) is 33.1 Å². The quantitative estimate of drug-likeness (QED) is 0.479. The molecule has 0 radical (unpaired) electrons. The van der Waals surface area contributed by atoms with E-state index in [1.54, 1.807) is 12.1 Å². The minimum atomic E-state index is -0.994. The first-order valence-electron chi connectivity index (χ1n) is 8.52. The van der Waals surface area contributed by atoms with Gasteiger partial charge in [-0.15, -0.1) is 0 Å². The zero-order valence-corrected chi connectivity index (χ0v) is 15.7. The second-order valence-corrected chi connectivity index (χ2v) is 6.20. The summed E-state index contributed by atoms with van der Waals surface area (Å²) in [7, 11) is 0. The summed E-state index contributed by atoms with van der Waals surface area (Å²) in [4.78, 5) is 32.2. The minimum Gasteiger partial charge on any atom is -0.453 e. The average molecular weight is 401 g/mol. The first kappa shape index (κ1) is 19.5. The van der Waals surface area contributed by atoms with Gasteiger partial charge in [-0.25, -0.2) is 4.98 Å². The van der Waals surface area contributed by atoms with E-state index in [1.165, 1.54) is 13.1 Å². The fourth-order valence-electron chi connectivity index (χ4n) is 2.29. The molecule has 28 heavy (non-hydrogen) atoms. The molecule has 0 fully saturated rings. The highest BCUT2D eigenvalue weighted by Gasteiger charge is 2.19. The number of aryl methyl sites for hydroxylation is 1. The molecule has 0 aliphatic heterocycles. The number of carbonyl (C=O) groups is 2. The number of halogens is 1. The predicted molar refractivity (Wildman–Crippen MR) is 101 cm³/mol. The molecule has 0 aliphatic carbocycles. The molecule has 1 aromatic carbocycles. The second kappa shape index (κ2) is 9.09. The van der Waals surface area contributed by atoms with E-state index in [0.717, 1.165) is 5.56 Å². The van der Waals surface area contributed by atoms with Crippen LogP contribution < -0.4 is 5.32 Å². The Hall–Kier alpha value is -3.26. The molecular formula is C19H17ClN4O4. The number of carbonyl (C=O) groups excluding carboxylic acids is 2. The smallest absolute Gasteiger partial charge is 0.307 e. The Morgan fingerprint density at radius 3 is 2.75 bits per heavy atom. The first-order chi connectivity index (χ1) is 13.5. The number of hydrogen-bond acceptors (Lipinski definition) is 7. The number of nitrogens with one attached hydrogen (secondary N) is 1. The number of ether oxygens (including phenoxy) is 1. The van der Waals surface area contributed by atoms with Crippen molar-refractivity contribution in [1.82, 2.24) is 15.1 Å². The number of rotatable bonds is 7. The van der Waals surface area contributed by atoms with Gasteiger partial charge in [-0.1, -0.05) is 47.1 Å². The van der Waals surface area contributed by atoms with Gasteiger partial charge in [0.05, 0.1) is 12.1 Å². The number of anilines is 1. The molecule has 0 spiro atoms. The highest BCUT2D eigenvalue weighted by Crippen LogP contribution is 2.18. The number of amides is 1. The van der Waals surface area contributed by atoms with E-state index in [4.69, 9.17) is 20.9 Å². The Balaban J connectivity index is 1.48. The van der Waals surface area contributed by atoms with Crippen molar-refractivity contribution in [2.45, 2.75) is 25.9 Å². The molecule has 8 nitrogen and oxygen atoms in total. The van der Waals surface area contributed by atoms with Crippen molar-refractivity contribution >= 4 is 29.2 Å². The number of benzene rings is 1. The van der Waals surface area contributed by atoms with Crippen molar-refractivity contribution < 1.29 is 18.8 Å². The van der Waals surface area contributed by atoms with Crippen LogP contribution in [0.1, 0.15) is 19.2 Å². The maximum absolute atomic E-state index is 12.1. The van der Waals surface area contributed by atoms with E-state index in [0.29, 0.717) is 17.4 Å². The summed E-state index contributed by atoms with van der Waals surface area (Å²) >= 11 is 5.89. The molecular weight excluding hydrogens is 384 g/mol. The van der Waals surface area contributed by atoms with E-state index in [2.05, 4.69) is 20.4 Å². The van der Waals surface area contributed by atoms with Crippen LogP contribution in [0.25, 0.3) is 11.4 Å². The van der Waals surface area contributed by atoms with E-state index in [1.807, 2.05) is 30.3 Å². The summed E-state index contributed by atoms with van der Waals surface area (Å²) in [6.45, 7) is 1.47. The van der Waals surface area contributed by atoms with Crippen molar-refractivity contribution in [3.8, 4) is 11.4 Å². The molecule has 0 saturated heterocycles. The molecule has 144 valence electrons. The monoisotopic (exact) mass is 400 g/mol. The highest BCUT2D eigenvalue weighted by atomic mass is 35.5. The van der Waals surface area contributed by atoms with Crippen molar-refractivity contribution in [2.24, 2.45) is 0 Å². The van der Waals surface area contributed by atoms with Crippen LogP contribution in [0, 0.1) is 0 Å². The van der Waals surface area contributed by atoms with E-state index >= 15 is 0 Å². The van der Waals surface area contributed by atoms with Crippen LogP contribution in [0.4, 0.5) is 5.69 Å². The molecule has 9 heteroatoms. The SMILES string of the molecule is C[C@H](OC(=O)CCc1nc(-c2ccccc2)no1)C(=O)Nc1cccnc1Cl. The molecule has 0 aliphatic rings. The van der Waals surface area contributed by atoms with Gasteiger partial charge < -0.3 is 14.6 Å². The second-order valence-electron chi connectivity index (χ2n) is 5.84. The third kappa shape index (κ3) is 5.14. The van der Waals surface area contributed by atoms with Gasteiger partial charge in [0.1, 0.15) is 0 Å². The Morgan fingerprint density at radius 1 is 1.21 bits per heavy atom. The normalized spacial score (nSPS) is 11.6. The fourth-order valence-corrected chi connectivity index (χ4v) is 2.46. The number of hydrogen-bond donors (Lipinski definition) is 1. The summed E-state index contributed by atoms with van der Waals surface area (Å²) in [6.07, 6.45) is 0.719. The van der Waals surface area contributed by atoms with Gasteiger partial charge in [0, 0.05) is 18.2 Å². The van der Waals surface area contributed by atoms with Crippen LogP contribution in [0.15, 0.2) is 53.2 Å². The number of aromatic nitrogens is 3. The molecule has 1 amide bonds. The summed E-state index contributed by atoms with van der Waals surface area (Å²) in [6, 6.07) is 12.6. The lowest BCUT2D eigenvalue weighted by Crippen LogP contribution is -2.30. The van der Waals surface area contributed by atoms with E-state index in [-0.39, 0.29) is 18.0 Å². The molecule has 0 unspecified atom stereocenters. The zero-order valence-electron chi connectivity index (χ0n) is 15.0. The van der Waals surface area contributed by atoms with Gasteiger partial charge in [0.25, 0.3) is 5.91 Å². The summed E-state index contributed by atoms with van der Waals surface area (Å²) in [5.74, 6) is -0.299. The Morgan fingerprint density at radius 2 is 2.00 bits per heavy atom. The third-order valence-corrected chi connectivity index (χ3v) is 4.04. The standard InChI is InChI=1S/C19H17ClN4O4/c1-12(19(26)22-14-8-5-11-21-17(14)20)27-16(25)10-9-15-23-18(24-28-15)13-6-3-2-4-7-13/h2-8,11-12H,9-10H2,1H3,(H,22,26)/t12-/m0/s1. The van der Waals surface area contributed by atoms with Crippen LogP contribution in [0.5, 0.6) is 0 Å². The maximum atomic E-state index is 12.1. The number of pyridine rings is 1. The van der Waals surface area contributed by atoms with Gasteiger partial charge >= 0.3 is 5.97 Å². The lowest BCUT2D eigenvalue weighted by molar-refractivity contribution is -0.153. The third-order valence-electron chi connectivity index (χ3n) is 3.74. The molecule has 1 N–H and O–H groups in total. The van der Waals surface area contributed by atoms with Gasteiger partial charge in [-0.05, 0) is 19.1 Å². The molecule has 3 rings (SSSR count). The summed E-state index contributed by atoms with van der Waals surface area (Å²) < 4.78 is 10.3. The van der Waals surface area contributed by atoms with Crippen LogP contribution in [0.3, 0.4) is 0 Å². The van der Waals surface area contributed by atoms with Crippen molar-refractivity contribution in [2.75, 3.05) is 5.32 Å². The van der Waals surface area contributed by atoms with Crippen LogP contribution in [-0.2, 0) is 20.7 Å². The lowest BCUT2D eigenvalue weighted by Gasteiger charge is -2.13.